The lowest BCUT2D eigenvalue weighted by molar-refractivity contribution is 0.0338. The zero-order valence-electron chi connectivity index (χ0n) is 21.3. The Morgan fingerprint density at radius 2 is 1.89 bits per heavy atom. The van der Waals surface area contributed by atoms with E-state index in [1.54, 1.807) is 6.07 Å². The molecule has 1 saturated heterocycles. The van der Waals surface area contributed by atoms with Crippen LogP contribution in [0.25, 0.3) is 39.1 Å². The van der Waals surface area contributed by atoms with Crippen molar-refractivity contribution in [3.05, 3.63) is 59.9 Å². The number of rotatable bonds is 7. The first-order valence-corrected chi connectivity index (χ1v) is 13.3. The third kappa shape index (κ3) is 5.05. The summed E-state index contributed by atoms with van der Waals surface area (Å²) >= 11 is 0. The van der Waals surface area contributed by atoms with Crippen LogP contribution in [0.2, 0.25) is 0 Å². The number of aromatic hydroxyl groups is 1. The van der Waals surface area contributed by atoms with Crippen LogP contribution in [0.15, 0.2) is 48.7 Å². The molecule has 0 atom stereocenters. The van der Waals surface area contributed by atoms with Crippen molar-refractivity contribution in [2.24, 2.45) is 0 Å². The molecule has 2 aromatic heterocycles. The van der Waals surface area contributed by atoms with Gasteiger partial charge in [0.1, 0.15) is 11.4 Å². The van der Waals surface area contributed by atoms with Crippen LogP contribution in [0.5, 0.6) is 5.75 Å². The number of phenols is 1. The lowest BCUT2D eigenvalue weighted by Gasteiger charge is -2.31. The van der Waals surface area contributed by atoms with Crippen LogP contribution < -0.4 is 0 Å². The molecule has 0 spiro atoms. The fraction of sp³-hybridized carbons (Fsp3) is 0.379. The minimum absolute atomic E-state index is 0.299. The SMILES string of the molecule is CCc1cc(O)ccc1-c1ccc2c(-c3nc(C4=CCN(CCN5CCOCC5)CC4)c[nH]3)n[nH]c2c1. The monoisotopic (exact) mass is 498 g/mol. The molecule has 4 aromatic rings. The number of aromatic nitrogens is 4. The lowest BCUT2D eigenvalue weighted by Crippen LogP contribution is -2.42. The van der Waals surface area contributed by atoms with Crippen LogP contribution in [0.1, 0.15) is 24.6 Å². The van der Waals surface area contributed by atoms with Crippen molar-refractivity contribution in [1.82, 2.24) is 30.0 Å². The highest BCUT2D eigenvalue weighted by Crippen LogP contribution is 2.32. The molecule has 6 rings (SSSR count). The molecule has 2 aliphatic rings. The van der Waals surface area contributed by atoms with Gasteiger partial charge >= 0.3 is 0 Å². The van der Waals surface area contributed by atoms with Gasteiger partial charge in [0.25, 0.3) is 0 Å². The molecule has 192 valence electrons. The van der Waals surface area contributed by atoms with Gasteiger partial charge in [0, 0.05) is 50.9 Å². The van der Waals surface area contributed by atoms with Crippen molar-refractivity contribution in [3.8, 4) is 28.4 Å². The summed E-state index contributed by atoms with van der Waals surface area (Å²) in [6.45, 7) is 10.1. The number of H-pyrrole nitrogens is 2. The zero-order chi connectivity index (χ0) is 25.2. The first-order valence-electron chi connectivity index (χ1n) is 13.3. The van der Waals surface area contributed by atoms with Gasteiger partial charge in [0.05, 0.1) is 24.4 Å². The molecular formula is C29H34N6O2. The van der Waals surface area contributed by atoms with Crippen molar-refractivity contribution >= 4 is 16.5 Å². The average Bonchev–Trinajstić information content (AvgIpc) is 3.60. The standard InChI is InChI=1S/C29H34N6O2/c1-2-20-17-23(36)4-6-24(20)22-3-5-25-26(18-22)32-33-28(25)29-30-19-27(31-29)21-7-9-34(10-8-21)11-12-35-13-15-37-16-14-35/h3-7,17-19,36H,2,8-16H2,1H3,(H,30,31)(H,32,33). The van der Waals surface area contributed by atoms with Crippen LogP contribution in [-0.2, 0) is 11.2 Å². The summed E-state index contributed by atoms with van der Waals surface area (Å²) in [5.74, 6) is 1.08. The second kappa shape index (κ2) is 10.5. The second-order valence-corrected chi connectivity index (χ2v) is 9.90. The van der Waals surface area contributed by atoms with Crippen molar-refractivity contribution in [3.63, 3.8) is 0 Å². The van der Waals surface area contributed by atoms with E-state index in [2.05, 4.69) is 56.2 Å². The number of aromatic amines is 2. The number of nitrogens with zero attached hydrogens (tertiary/aromatic N) is 4. The quantitative estimate of drug-likeness (QED) is 0.352. The van der Waals surface area contributed by atoms with Crippen molar-refractivity contribution in [1.29, 1.82) is 0 Å². The summed E-state index contributed by atoms with van der Waals surface area (Å²) in [6.07, 6.45) is 6.18. The highest BCUT2D eigenvalue weighted by Gasteiger charge is 2.19. The van der Waals surface area contributed by atoms with Gasteiger partial charge in [-0.05, 0) is 59.4 Å². The number of fused-ring (bicyclic) bond motifs is 1. The molecule has 0 bridgehead atoms. The molecule has 8 nitrogen and oxygen atoms in total. The van der Waals surface area contributed by atoms with E-state index >= 15 is 0 Å². The van der Waals surface area contributed by atoms with Gasteiger partial charge in [0.15, 0.2) is 5.82 Å². The molecule has 2 aromatic carbocycles. The van der Waals surface area contributed by atoms with Crippen molar-refractivity contribution in [2.75, 3.05) is 52.5 Å². The van der Waals surface area contributed by atoms with E-state index in [0.717, 1.165) is 110 Å². The van der Waals surface area contributed by atoms with Gasteiger partial charge in [-0.3, -0.25) is 14.9 Å². The predicted molar refractivity (Wildman–Crippen MR) is 146 cm³/mol. The maximum atomic E-state index is 9.86. The Kier molecular flexibility index (Phi) is 6.78. The van der Waals surface area contributed by atoms with E-state index < -0.39 is 0 Å². The molecule has 4 heterocycles. The molecule has 37 heavy (non-hydrogen) atoms. The van der Waals surface area contributed by atoms with E-state index in [1.165, 1.54) is 5.57 Å². The smallest absolute Gasteiger partial charge is 0.159 e. The van der Waals surface area contributed by atoms with Crippen LogP contribution >= 0.6 is 0 Å². The number of ether oxygens (including phenoxy) is 1. The molecular weight excluding hydrogens is 464 g/mol. The number of nitrogens with one attached hydrogen (secondary N) is 2. The Balaban J connectivity index is 1.16. The third-order valence-electron chi connectivity index (χ3n) is 7.60. The number of morpholine rings is 1. The lowest BCUT2D eigenvalue weighted by atomic mass is 9.97. The number of aryl methyl sites for hydroxylation is 1. The summed E-state index contributed by atoms with van der Waals surface area (Å²) < 4.78 is 5.45. The summed E-state index contributed by atoms with van der Waals surface area (Å²) in [7, 11) is 0. The van der Waals surface area contributed by atoms with E-state index in [0.29, 0.717) is 5.75 Å². The van der Waals surface area contributed by atoms with Gasteiger partial charge in [0.2, 0.25) is 0 Å². The molecule has 0 radical (unpaired) electrons. The van der Waals surface area contributed by atoms with Crippen molar-refractivity contribution < 1.29 is 9.84 Å². The number of imidazole rings is 1. The second-order valence-electron chi connectivity index (χ2n) is 9.90. The van der Waals surface area contributed by atoms with Crippen molar-refractivity contribution in [2.45, 2.75) is 19.8 Å². The highest BCUT2D eigenvalue weighted by molar-refractivity contribution is 5.94. The Bertz CT molecular complexity index is 1420. The molecule has 2 aliphatic heterocycles. The minimum Gasteiger partial charge on any atom is -0.508 e. The minimum atomic E-state index is 0.299. The molecule has 3 N–H and O–H groups in total. The Morgan fingerprint density at radius 1 is 1.03 bits per heavy atom. The Labute approximate surface area is 217 Å². The largest absolute Gasteiger partial charge is 0.508 e. The molecule has 8 heteroatoms. The van der Waals surface area contributed by atoms with E-state index in [-0.39, 0.29) is 0 Å². The van der Waals surface area contributed by atoms with E-state index in [1.807, 2.05) is 18.3 Å². The summed E-state index contributed by atoms with van der Waals surface area (Å²) in [5.41, 5.74) is 7.45. The molecule has 0 unspecified atom stereocenters. The first-order chi connectivity index (χ1) is 18.2. The number of benzene rings is 2. The maximum absolute atomic E-state index is 9.86. The fourth-order valence-electron chi connectivity index (χ4n) is 5.38. The molecule has 0 aliphatic carbocycles. The van der Waals surface area contributed by atoms with Gasteiger partial charge in [-0.2, -0.15) is 5.10 Å². The maximum Gasteiger partial charge on any atom is 0.159 e. The van der Waals surface area contributed by atoms with E-state index in [4.69, 9.17) is 9.72 Å². The molecule has 0 amide bonds. The number of hydrogen-bond donors (Lipinski definition) is 3. The first kappa shape index (κ1) is 23.9. The van der Waals surface area contributed by atoms with E-state index in [9.17, 15) is 5.11 Å². The zero-order valence-corrected chi connectivity index (χ0v) is 21.3. The Morgan fingerprint density at radius 3 is 2.70 bits per heavy atom. The highest BCUT2D eigenvalue weighted by atomic mass is 16.5. The van der Waals surface area contributed by atoms with Crippen LogP contribution in [0.4, 0.5) is 0 Å². The number of hydrogen-bond acceptors (Lipinski definition) is 6. The third-order valence-corrected chi connectivity index (χ3v) is 7.60. The van der Waals surface area contributed by atoms with Crippen LogP contribution in [0, 0.1) is 0 Å². The number of phenolic OH excluding ortho intramolecular Hbond substituents is 1. The Hall–Kier alpha value is -3.46. The summed E-state index contributed by atoms with van der Waals surface area (Å²) in [4.78, 5) is 13.3. The van der Waals surface area contributed by atoms with Gasteiger partial charge in [-0.25, -0.2) is 4.98 Å². The van der Waals surface area contributed by atoms with Crippen LogP contribution in [0.3, 0.4) is 0 Å². The van der Waals surface area contributed by atoms with Gasteiger partial charge in [-0.1, -0.05) is 25.1 Å². The summed E-state index contributed by atoms with van der Waals surface area (Å²) in [5, 5.41) is 18.7. The van der Waals surface area contributed by atoms with Gasteiger partial charge in [-0.15, -0.1) is 0 Å². The normalized spacial score (nSPS) is 17.4. The van der Waals surface area contributed by atoms with Gasteiger partial charge < -0.3 is 14.8 Å². The molecule has 0 saturated carbocycles. The fourth-order valence-corrected chi connectivity index (χ4v) is 5.38. The predicted octanol–water partition coefficient (Wildman–Crippen LogP) is 4.31. The summed E-state index contributed by atoms with van der Waals surface area (Å²) in [6, 6.07) is 11.9. The molecule has 1 fully saturated rings. The topological polar surface area (TPSA) is 93.3 Å². The van der Waals surface area contributed by atoms with Crippen LogP contribution in [-0.4, -0.2) is 87.6 Å². The average molecular weight is 499 g/mol.